The SMILES string of the molecule is Cc1ccnc2c1nc(CCl)n2CC1(C)CCN(C)CC1. The second-order valence-corrected chi connectivity index (χ2v) is 6.93. The summed E-state index contributed by atoms with van der Waals surface area (Å²) in [6.07, 6.45) is 4.28. The summed E-state index contributed by atoms with van der Waals surface area (Å²) in [5, 5.41) is 0. The number of imidazole rings is 1. The number of nitrogens with zero attached hydrogens (tertiary/aromatic N) is 4. The van der Waals surface area contributed by atoms with E-state index in [0.717, 1.165) is 36.6 Å². The van der Waals surface area contributed by atoms with Gasteiger partial charge in [0.1, 0.15) is 11.3 Å². The number of likely N-dealkylation sites (tertiary alicyclic amines) is 1. The molecule has 1 aliphatic rings. The van der Waals surface area contributed by atoms with Gasteiger partial charge in [0.15, 0.2) is 5.65 Å². The summed E-state index contributed by atoms with van der Waals surface area (Å²) in [5.74, 6) is 1.37. The summed E-state index contributed by atoms with van der Waals surface area (Å²) >= 11 is 6.12. The zero-order valence-electron chi connectivity index (χ0n) is 13.1. The molecule has 0 atom stereocenters. The van der Waals surface area contributed by atoms with Gasteiger partial charge in [0.05, 0.1) is 5.88 Å². The molecule has 2 aromatic heterocycles. The van der Waals surface area contributed by atoms with Gasteiger partial charge in [0, 0.05) is 12.7 Å². The average Bonchev–Trinajstić information content (AvgIpc) is 2.82. The third kappa shape index (κ3) is 2.79. The fraction of sp³-hybridized carbons (Fsp3) is 0.625. The molecule has 1 aliphatic heterocycles. The molecule has 0 saturated carbocycles. The number of aryl methyl sites for hydroxylation is 1. The maximum absolute atomic E-state index is 6.12. The van der Waals surface area contributed by atoms with Crippen LogP contribution in [0.3, 0.4) is 0 Å². The predicted molar refractivity (Wildman–Crippen MR) is 86.7 cm³/mol. The maximum atomic E-state index is 6.12. The van der Waals surface area contributed by atoms with Crippen LogP contribution in [0.4, 0.5) is 0 Å². The van der Waals surface area contributed by atoms with Crippen LogP contribution in [0.1, 0.15) is 31.2 Å². The zero-order valence-corrected chi connectivity index (χ0v) is 13.8. The van der Waals surface area contributed by atoms with Crippen molar-refractivity contribution in [1.82, 2.24) is 19.4 Å². The van der Waals surface area contributed by atoms with Crippen molar-refractivity contribution >= 4 is 22.8 Å². The lowest BCUT2D eigenvalue weighted by atomic mass is 9.80. The number of fused-ring (bicyclic) bond motifs is 1. The second-order valence-electron chi connectivity index (χ2n) is 6.66. The largest absolute Gasteiger partial charge is 0.311 e. The summed E-state index contributed by atoms with van der Waals surface area (Å²) in [4.78, 5) is 11.7. The number of hydrogen-bond donors (Lipinski definition) is 0. The van der Waals surface area contributed by atoms with Crippen LogP contribution in [0.15, 0.2) is 12.3 Å². The maximum Gasteiger partial charge on any atom is 0.160 e. The van der Waals surface area contributed by atoms with E-state index in [2.05, 4.69) is 35.3 Å². The highest BCUT2D eigenvalue weighted by Crippen LogP contribution is 2.34. The molecule has 3 rings (SSSR count). The Labute approximate surface area is 131 Å². The van der Waals surface area contributed by atoms with E-state index < -0.39 is 0 Å². The lowest BCUT2D eigenvalue weighted by molar-refractivity contribution is 0.121. The lowest BCUT2D eigenvalue weighted by Crippen LogP contribution is -2.38. The van der Waals surface area contributed by atoms with E-state index in [1.165, 1.54) is 18.4 Å². The average molecular weight is 307 g/mol. The molecule has 0 radical (unpaired) electrons. The Bertz CT molecular complexity index is 641. The number of halogens is 1. The Morgan fingerprint density at radius 1 is 1.33 bits per heavy atom. The minimum Gasteiger partial charge on any atom is -0.311 e. The van der Waals surface area contributed by atoms with Crippen molar-refractivity contribution in [2.45, 2.75) is 39.1 Å². The fourth-order valence-electron chi connectivity index (χ4n) is 3.15. The van der Waals surface area contributed by atoms with Gasteiger partial charge < -0.3 is 9.47 Å². The van der Waals surface area contributed by atoms with E-state index in [0.29, 0.717) is 11.3 Å². The van der Waals surface area contributed by atoms with Gasteiger partial charge in [-0.05, 0) is 56.9 Å². The third-order valence-corrected chi connectivity index (χ3v) is 5.01. The molecule has 0 spiro atoms. The van der Waals surface area contributed by atoms with E-state index in [9.17, 15) is 0 Å². The molecule has 2 aromatic rings. The first-order chi connectivity index (χ1) is 10.0. The van der Waals surface area contributed by atoms with E-state index in [1.54, 1.807) is 0 Å². The topological polar surface area (TPSA) is 34.0 Å². The molecular weight excluding hydrogens is 284 g/mol. The molecule has 0 aliphatic carbocycles. The molecule has 114 valence electrons. The molecule has 0 N–H and O–H groups in total. The summed E-state index contributed by atoms with van der Waals surface area (Å²) in [6, 6.07) is 2.01. The molecule has 5 heteroatoms. The normalized spacial score (nSPS) is 19.2. The second kappa shape index (κ2) is 5.58. The highest BCUT2D eigenvalue weighted by atomic mass is 35.5. The minimum atomic E-state index is 0.298. The Morgan fingerprint density at radius 2 is 2.05 bits per heavy atom. The van der Waals surface area contributed by atoms with Crippen LogP contribution in [-0.2, 0) is 12.4 Å². The molecule has 21 heavy (non-hydrogen) atoms. The molecule has 1 fully saturated rings. The first kappa shape index (κ1) is 14.8. The Hall–Kier alpha value is -1.13. The summed E-state index contributed by atoms with van der Waals surface area (Å²) in [6.45, 7) is 7.73. The van der Waals surface area contributed by atoms with Crippen molar-refractivity contribution in [3.8, 4) is 0 Å². The summed E-state index contributed by atoms with van der Waals surface area (Å²) < 4.78 is 2.24. The Balaban J connectivity index is 1.98. The van der Waals surface area contributed by atoms with Crippen LogP contribution in [-0.4, -0.2) is 39.6 Å². The molecule has 4 nitrogen and oxygen atoms in total. The first-order valence-corrected chi connectivity index (χ1v) is 8.11. The number of rotatable bonds is 3. The quantitative estimate of drug-likeness (QED) is 0.817. The van der Waals surface area contributed by atoms with E-state index >= 15 is 0 Å². The molecule has 0 amide bonds. The van der Waals surface area contributed by atoms with Crippen LogP contribution in [0.25, 0.3) is 11.2 Å². The van der Waals surface area contributed by atoms with Gasteiger partial charge in [0.2, 0.25) is 0 Å². The Morgan fingerprint density at radius 3 is 2.71 bits per heavy atom. The molecule has 0 bridgehead atoms. The van der Waals surface area contributed by atoms with Gasteiger partial charge in [-0.1, -0.05) is 6.92 Å². The molecule has 3 heterocycles. The van der Waals surface area contributed by atoms with Crippen LogP contribution < -0.4 is 0 Å². The van der Waals surface area contributed by atoms with Gasteiger partial charge in [0.25, 0.3) is 0 Å². The van der Waals surface area contributed by atoms with Crippen molar-refractivity contribution in [3.05, 3.63) is 23.7 Å². The zero-order chi connectivity index (χ0) is 15.0. The molecular formula is C16H23ClN4. The standard InChI is InChI=1S/C16H23ClN4/c1-12-4-7-18-15-14(12)19-13(10-17)21(15)11-16(2)5-8-20(3)9-6-16/h4,7H,5-6,8-11H2,1-3H3. The van der Waals surface area contributed by atoms with Gasteiger partial charge in [-0.3, -0.25) is 0 Å². The van der Waals surface area contributed by atoms with E-state index in [-0.39, 0.29) is 0 Å². The fourth-order valence-corrected chi connectivity index (χ4v) is 3.35. The number of aromatic nitrogens is 3. The van der Waals surface area contributed by atoms with Crippen molar-refractivity contribution in [2.24, 2.45) is 5.41 Å². The van der Waals surface area contributed by atoms with Crippen molar-refractivity contribution in [3.63, 3.8) is 0 Å². The van der Waals surface area contributed by atoms with Crippen LogP contribution in [0.2, 0.25) is 0 Å². The number of piperidine rings is 1. The molecule has 0 aromatic carbocycles. The first-order valence-electron chi connectivity index (χ1n) is 7.58. The Kier molecular flexibility index (Phi) is 3.93. The van der Waals surface area contributed by atoms with Crippen LogP contribution in [0.5, 0.6) is 0 Å². The predicted octanol–water partition coefficient (Wildman–Crippen LogP) is 3.21. The number of hydrogen-bond acceptors (Lipinski definition) is 3. The van der Waals surface area contributed by atoms with Crippen LogP contribution in [0, 0.1) is 12.3 Å². The smallest absolute Gasteiger partial charge is 0.160 e. The lowest BCUT2D eigenvalue weighted by Gasteiger charge is -2.38. The number of alkyl halides is 1. The van der Waals surface area contributed by atoms with E-state index in [1.807, 2.05) is 12.3 Å². The van der Waals surface area contributed by atoms with Crippen molar-refractivity contribution in [1.29, 1.82) is 0 Å². The summed E-state index contributed by atoms with van der Waals surface area (Å²) in [5.41, 5.74) is 3.43. The highest BCUT2D eigenvalue weighted by molar-refractivity contribution is 6.16. The summed E-state index contributed by atoms with van der Waals surface area (Å²) in [7, 11) is 2.20. The van der Waals surface area contributed by atoms with E-state index in [4.69, 9.17) is 16.6 Å². The molecule has 1 saturated heterocycles. The highest BCUT2D eigenvalue weighted by Gasteiger charge is 2.30. The third-order valence-electron chi connectivity index (χ3n) is 4.77. The van der Waals surface area contributed by atoms with Gasteiger partial charge in [-0.25, -0.2) is 9.97 Å². The van der Waals surface area contributed by atoms with Crippen LogP contribution >= 0.6 is 11.6 Å². The van der Waals surface area contributed by atoms with Crippen molar-refractivity contribution < 1.29 is 0 Å². The monoisotopic (exact) mass is 306 g/mol. The van der Waals surface area contributed by atoms with Gasteiger partial charge in [-0.15, -0.1) is 11.6 Å². The minimum absolute atomic E-state index is 0.298. The van der Waals surface area contributed by atoms with Gasteiger partial charge >= 0.3 is 0 Å². The van der Waals surface area contributed by atoms with Gasteiger partial charge in [-0.2, -0.15) is 0 Å². The number of pyridine rings is 1. The van der Waals surface area contributed by atoms with Crippen molar-refractivity contribution in [2.75, 3.05) is 20.1 Å². The molecule has 0 unspecified atom stereocenters.